The smallest absolute Gasteiger partial charge is 1.00 e. The Hall–Kier alpha value is 5.45. The predicted molar refractivity (Wildman–Crippen MR) is 166 cm³/mol. The van der Waals surface area contributed by atoms with Crippen molar-refractivity contribution >= 4 is 121 Å². The van der Waals surface area contributed by atoms with E-state index >= 15 is 0 Å². The van der Waals surface area contributed by atoms with Crippen molar-refractivity contribution in [3.05, 3.63) is 0 Å². The third-order valence-electron chi connectivity index (χ3n) is 2.92. The third kappa shape index (κ3) is 65.0. The van der Waals surface area contributed by atoms with Crippen LogP contribution >= 0.6 is 59.0 Å². The average molecular weight is 837 g/mol. The second-order valence-corrected chi connectivity index (χ2v) is 45.7. The van der Waals surface area contributed by atoms with E-state index in [-0.39, 0.29) is 82.2 Å². The monoisotopic (exact) mass is 836 g/mol. The van der Waals surface area contributed by atoms with E-state index in [9.17, 15) is 0 Å². The van der Waals surface area contributed by atoms with Gasteiger partial charge in [-0.25, -0.2) is 0 Å². The molecule has 0 saturated carbocycles. The number of hydrogen-bond acceptors (Lipinski definition) is 0. The van der Waals surface area contributed by atoms with Crippen LogP contribution in [-0.2, 0) is 0 Å². The molecule has 0 aliphatic carbocycles. The fourth-order valence-corrected chi connectivity index (χ4v) is 11.8. The van der Waals surface area contributed by atoms with Gasteiger partial charge in [-0.3, -0.25) is 0 Å². The van der Waals surface area contributed by atoms with E-state index < -0.39 is 21.9 Å². The minimum Gasteiger partial charge on any atom is -1.00 e. The van der Waals surface area contributed by atoms with Crippen LogP contribution in [0, 0.1) is 11.8 Å². The van der Waals surface area contributed by atoms with Crippen molar-refractivity contribution in [3.8, 4) is 0 Å². The molecule has 32 heavy (non-hydrogen) atoms. The van der Waals surface area contributed by atoms with Gasteiger partial charge in [-0.05, 0) is 11.8 Å². The number of halogens is 7. The summed E-state index contributed by atoms with van der Waals surface area (Å²) in [4.78, 5) is 0. The van der Waals surface area contributed by atoms with Crippen LogP contribution in [0.3, 0.4) is 0 Å². The SMILES string of the molecule is CC(C)C.CC(C)C.CCC[I-]Cl.C[CH](C)[Ge]([Cl])([CH](C)C)[CH](C)C.[AlH3].[Cl][Ge]([Cl])([Cl])[Cl].[H-].[H-].[Li+].[Mg+2]. The van der Waals surface area contributed by atoms with Crippen LogP contribution in [0.4, 0.5) is 0 Å². The molecule has 196 valence electrons. The van der Waals surface area contributed by atoms with Gasteiger partial charge in [-0.2, -0.15) is 0 Å². The molecule has 0 radical (unpaired) electrons. The van der Waals surface area contributed by atoms with Gasteiger partial charge in [0.2, 0.25) is 0 Å². The van der Waals surface area contributed by atoms with Crippen LogP contribution in [-0.4, -0.2) is 66.7 Å². The molecule has 0 bridgehead atoms. The first kappa shape index (κ1) is 57.4. The second-order valence-electron chi connectivity index (χ2n) is 8.97. The van der Waals surface area contributed by atoms with E-state index in [0.717, 1.165) is 26.1 Å². The Kier molecular flexibility index (Phi) is 65.4. The summed E-state index contributed by atoms with van der Waals surface area (Å²) in [6.07, 6.45) is 1.26. The molecule has 0 aliphatic heterocycles. The third-order valence-corrected chi connectivity index (χ3v) is 23.3. The average Bonchev–Trinajstić information content (AvgIpc) is 2.44. The molecule has 0 unspecified atom stereocenters. The fraction of sp³-hybridized carbons (Fsp3) is 1.00. The van der Waals surface area contributed by atoms with E-state index in [2.05, 4.69) is 90.0 Å². The van der Waals surface area contributed by atoms with Crippen molar-refractivity contribution in [1.29, 1.82) is 0 Å². The van der Waals surface area contributed by atoms with Crippen molar-refractivity contribution in [2.45, 2.75) is 111 Å². The maximum atomic E-state index is 6.73. The van der Waals surface area contributed by atoms with Gasteiger partial charge in [0.15, 0.2) is 17.4 Å². The Labute approximate surface area is 285 Å². The summed E-state index contributed by atoms with van der Waals surface area (Å²) in [7, 11) is 29.1. The minimum absolute atomic E-state index is 0. The minimum atomic E-state index is -3.11. The zero-order valence-electron chi connectivity index (χ0n) is 24.7. The molecule has 0 spiro atoms. The molecule has 0 rings (SSSR count). The standard InChI is InChI=1S/C9H21ClGe.2C4H10.C3H7ClI.Al.Cl4Ge.Li.Mg.5H/c1-7(2)11(10,8(3)4)9(5)6;2*1-4(2)3;1-2-3-5-4;;1-5(2,3)4;;;;;;;/h7-9H,1-6H3;2*4H,1-3H3;2-3H2,1H3;;;;;;;;;/q;;;-1;;;+1;+2;;;;2*-1. The van der Waals surface area contributed by atoms with Crippen molar-refractivity contribution in [2.24, 2.45) is 11.8 Å². The summed E-state index contributed by atoms with van der Waals surface area (Å²) in [6.45, 7) is 28.9. The van der Waals surface area contributed by atoms with Gasteiger partial charge in [0, 0.05) is 0 Å². The summed E-state index contributed by atoms with van der Waals surface area (Å²) in [5.41, 5.74) is 0. The molecule has 0 saturated heterocycles. The van der Waals surface area contributed by atoms with Gasteiger partial charge in [-0.15, -0.1) is 0 Å². The zero-order valence-corrected chi connectivity index (χ0v) is 35.0. The van der Waals surface area contributed by atoms with Crippen LogP contribution in [0.15, 0.2) is 0 Å². The first-order valence-corrected chi connectivity index (χ1v) is 32.0. The normalized spacial score (nSPS) is 10.2. The molecule has 0 nitrogen and oxygen atoms in total. The topological polar surface area (TPSA) is 0 Å². The molecule has 0 N–H and O–H groups in total. The van der Waals surface area contributed by atoms with Gasteiger partial charge in [0.1, 0.15) is 0 Å². The zero-order chi connectivity index (χ0) is 25.0. The molecule has 0 aromatic carbocycles. The van der Waals surface area contributed by atoms with E-state index in [0.29, 0.717) is 0 Å². The Morgan fingerprint density at radius 2 is 0.812 bits per heavy atom. The van der Waals surface area contributed by atoms with Crippen molar-refractivity contribution in [2.75, 3.05) is 4.43 Å². The maximum absolute atomic E-state index is 6.73. The molecule has 0 aromatic heterocycles. The van der Waals surface area contributed by atoms with E-state index in [1.807, 2.05) is 0 Å². The quantitative estimate of drug-likeness (QED) is 0.219. The Bertz CT molecular complexity index is 299. The second kappa shape index (κ2) is 36.5. The van der Waals surface area contributed by atoms with Gasteiger partial charge in [0.05, 0.1) is 0 Å². The maximum Gasteiger partial charge on any atom is 2.00 e. The first-order chi connectivity index (χ1) is 12.7. The number of rotatable bonds is 5. The molecule has 0 aromatic rings. The van der Waals surface area contributed by atoms with Gasteiger partial charge < -0.3 is 2.85 Å². The summed E-state index contributed by atoms with van der Waals surface area (Å²) in [5, 5.41) is 0. The fourth-order valence-electron chi connectivity index (χ4n) is 2.07. The Morgan fingerprint density at radius 1 is 0.656 bits per heavy atom. The molecular formula is C20H53AlCl6Ge2ILiMg. The summed E-state index contributed by atoms with van der Waals surface area (Å²) < 4.78 is 3.46. The molecule has 0 heterocycles. The van der Waals surface area contributed by atoms with E-state index in [1.54, 1.807) is 0 Å². The Balaban J connectivity index is -0.0000000273. The summed E-state index contributed by atoms with van der Waals surface area (Å²) in [5.74, 6) is 1.67. The van der Waals surface area contributed by atoms with Crippen LogP contribution < -0.4 is 38.9 Å². The van der Waals surface area contributed by atoms with E-state index in [4.69, 9.17) is 59.0 Å². The van der Waals surface area contributed by atoms with Crippen LogP contribution in [0.1, 0.15) is 99.3 Å². The largest absolute Gasteiger partial charge is 2.00 e. The molecule has 0 atom stereocenters. The molecule has 0 amide bonds. The van der Waals surface area contributed by atoms with Gasteiger partial charge in [-0.1, -0.05) is 41.5 Å². The summed E-state index contributed by atoms with van der Waals surface area (Å²) >= 11 is -1.95. The summed E-state index contributed by atoms with van der Waals surface area (Å²) in [6, 6.07) is 0. The van der Waals surface area contributed by atoms with Crippen molar-refractivity contribution < 1.29 is 41.8 Å². The van der Waals surface area contributed by atoms with Crippen LogP contribution in [0.2, 0.25) is 14.3 Å². The molecule has 12 heteroatoms. The van der Waals surface area contributed by atoms with Crippen molar-refractivity contribution in [3.63, 3.8) is 0 Å². The Morgan fingerprint density at radius 3 is 0.812 bits per heavy atom. The van der Waals surface area contributed by atoms with Gasteiger partial charge >= 0.3 is 216 Å². The predicted octanol–water partition coefficient (Wildman–Crippen LogP) is 4.41. The molecule has 0 fully saturated rings. The van der Waals surface area contributed by atoms with E-state index in [1.165, 1.54) is 10.8 Å². The van der Waals surface area contributed by atoms with Crippen LogP contribution in [0.5, 0.6) is 0 Å². The van der Waals surface area contributed by atoms with Crippen LogP contribution in [0.25, 0.3) is 0 Å². The van der Waals surface area contributed by atoms with Gasteiger partial charge in [0.25, 0.3) is 0 Å². The first-order valence-electron chi connectivity index (χ1n) is 10.4. The number of alkyl halides is 1. The number of hydrogen-bond donors (Lipinski definition) is 0. The molecule has 0 aliphatic rings. The van der Waals surface area contributed by atoms with Crippen molar-refractivity contribution in [1.82, 2.24) is 0 Å². The molecular weight excluding hydrogens is 783 g/mol.